The third-order valence-corrected chi connectivity index (χ3v) is 4.84. The largest absolute Gasteiger partial charge is 0.464 e. The Morgan fingerprint density at radius 1 is 1.25 bits per heavy atom. The number of thioether (sulfide) groups is 1. The van der Waals surface area contributed by atoms with Gasteiger partial charge in [0.25, 0.3) is 5.56 Å². The number of H-pyrrole nitrogens is 1. The van der Waals surface area contributed by atoms with Gasteiger partial charge in [0, 0.05) is 22.9 Å². The molecule has 0 aliphatic heterocycles. The lowest BCUT2D eigenvalue weighted by molar-refractivity contribution is 0.616. The quantitative estimate of drug-likeness (QED) is 0.563. The number of hydrogen-bond donors (Lipinski definition) is 1. The van der Waals surface area contributed by atoms with Crippen LogP contribution in [0.25, 0.3) is 16.7 Å². The molecule has 0 spiro atoms. The molecular weight excluding hydrogens is 324 g/mol. The van der Waals surface area contributed by atoms with Crippen LogP contribution in [0.15, 0.2) is 51.0 Å². The molecule has 0 unspecified atom stereocenters. The van der Waals surface area contributed by atoms with Crippen LogP contribution in [0.5, 0.6) is 0 Å². The number of aromatic amines is 1. The minimum absolute atomic E-state index is 0.139. The van der Waals surface area contributed by atoms with E-state index in [0.29, 0.717) is 5.78 Å². The monoisotopic (exact) mass is 340 g/mol. The molecular formula is C17H16N4O2S. The summed E-state index contributed by atoms with van der Waals surface area (Å²) in [6.45, 7) is 2.09. The van der Waals surface area contributed by atoms with E-state index in [1.54, 1.807) is 24.1 Å². The van der Waals surface area contributed by atoms with Gasteiger partial charge in [-0.05, 0) is 30.2 Å². The van der Waals surface area contributed by atoms with E-state index in [2.05, 4.69) is 34.2 Å². The van der Waals surface area contributed by atoms with Gasteiger partial charge in [0.2, 0.25) is 5.78 Å². The maximum atomic E-state index is 11.7. The summed E-state index contributed by atoms with van der Waals surface area (Å²) in [5, 5.41) is 10.2. The van der Waals surface area contributed by atoms with Crippen molar-refractivity contribution >= 4 is 28.5 Å². The van der Waals surface area contributed by atoms with E-state index in [4.69, 9.17) is 4.42 Å². The summed E-state index contributed by atoms with van der Waals surface area (Å²) < 4.78 is 7.30. The van der Waals surface area contributed by atoms with Crippen LogP contribution in [-0.2, 0) is 12.2 Å². The molecule has 7 heteroatoms. The number of hydrogen-bond acceptors (Lipinski definition) is 5. The number of rotatable bonds is 5. The fourth-order valence-corrected chi connectivity index (χ4v) is 3.67. The zero-order valence-electron chi connectivity index (χ0n) is 13.2. The normalized spacial score (nSPS) is 11.5. The van der Waals surface area contributed by atoms with Crippen LogP contribution in [0.3, 0.4) is 0 Å². The number of aryl methyl sites for hydroxylation is 1. The lowest BCUT2D eigenvalue weighted by atomic mass is 10.2. The van der Waals surface area contributed by atoms with E-state index in [1.165, 1.54) is 5.56 Å². The zero-order valence-corrected chi connectivity index (χ0v) is 14.0. The Kier molecular flexibility index (Phi) is 3.86. The maximum absolute atomic E-state index is 11.7. The van der Waals surface area contributed by atoms with E-state index in [9.17, 15) is 4.79 Å². The second-order valence-corrected chi connectivity index (χ2v) is 6.54. The standard InChI is InChI=1S/C17H16N4O2S/c1-2-3-13-9-15(22)18-16-19-20-17(21(13)16)24-10-11-4-5-14-12(8-11)6-7-23-14/h4-9H,2-3,10H2,1H3,(H,18,19,22). The molecule has 3 aromatic heterocycles. The predicted molar refractivity (Wildman–Crippen MR) is 93.4 cm³/mol. The SMILES string of the molecule is CCCc1cc(=O)[nH]c2nnc(SCc3ccc4occc4c3)n12. The minimum Gasteiger partial charge on any atom is -0.464 e. The van der Waals surface area contributed by atoms with Gasteiger partial charge in [-0.3, -0.25) is 14.2 Å². The lowest BCUT2D eigenvalue weighted by Gasteiger charge is -2.06. The van der Waals surface area contributed by atoms with Crippen LogP contribution in [0, 0.1) is 0 Å². The third kappa shape index (κ3) is 2.71. The van der Waals surface area contributed by atoms with Crippen LogP contribution in [-0.4, -0.2) is 19.6 Å². The van der Waals surface area contributed by atoms with Gasteiger partial charge >= 0.3 is 0 Å². The van der Waals surface area contributed by atoms with Gasteiger partial charge in [0.15, 0.2) is 5.16 Å². The predicted octanol–water partition coefficient (Wildman–Crippen LogP) is 3.41. The molecule has 0 aliphatic rings. The number of nitrogens with zero attached hydrogens (tertiary/aromatic N) is 3. The molecule has 122 valence electrons. The van der Waals surface area contributed by atoms with Crippen LogP contribution in [0.4, 0.5) is 0 Å². The molecule has 6 nitrogen and oxygen atoms in total. The molecule has 0 aliphatic carbocycles. The Balaban J connectivity index is 1.65. The van der Waals surface area contributed by atoms with Crippen LogP contribution in [0.1, 0.15) is 24.6 Å². The Hall–Kier alpha value is -2.54. The first-order valence-corrected chi connectivity index (χ1v) is 8.79. The fraction of sp³-hybridized carbons (Fsp3) is 0.235. The summed E-state index contributed by atoms with van der Waals surface area (Å²) in [5.74, 6) is 1.27. The van der Waals surface area contributed by atoms with Crippen molar-refractivity contribution < 1.29 is 4.42 Å². The molecule has 0 fully saturated rings. The van der Waals surface area contributed by atoms with Crippen molar-refractivity contribution in [1.82, 2.24) is 19.6 Å². The van der Waals surface area contributed by atoms with Crippen molar-refractivity contribution in [2.75, 3.05) is 0 Å². The summed E-state index contributed by atoms with van der Waals surface area (Å²) in [4.78, 5) is 14.5. The molecule has 1 aromatic carbocycles. The highest BCUT2D eigenvalue weighted by Gasteiger charge is 2.12. The highest BCUT2D eigenvalue weighted by Crippen LogP contribution is 2.25. The fourth-order valence-electron chi connectivity index (χ4n) is 2.76. The molecule has 0 bridgehead atoms. The Bertz CT molecular complexity index is 1060. The number of furan rings is 1. The molecule has 24 heavy (non-hydrogen) atoms. The Morgan fingerprint density at radius 2 is 2.17 bits per heavy atom. The second kappa shape index (κ2) is 6.16. The van der Waals surface area contributed by atoms with Crippen molar-refractivity contribution in [3.63, 3.8) is 0 Å². The molecule has 0 saturated heterocycles. The first-order chi connectivity index (χ1) is 11.7. The molecule has 0 amide bonds. The summed E-state index contributed by atoms with van der Waals surface area (Å²) >= 11 is 1.60. The zero-order chi connectivity index (χ0) is 16.5. The van der Waals surface area contributed by atoms with Gasteiger partial charge in [0.1, 0.15) is 5.58 Å². The highest BCUT2D eigenvalue weighted by atomic mass is 32.2. The topological polar surface area (TPSA) is 76.2 Å². The van der Waals surface area contributed by atoms with E-state index in [1.807, 2.05) is 16.5 Å². The number of aromatic nitrogens is 4. The van der Waals surface area contributed by atoms with E-state index in [0.717, 1.165) is 40.4 Å². The van der Waals surface area contributed by atoms with Crippen molar-refractivity contribution in [2.24, 2.45) is 0 Å². The highest BCUT2D eigenvalue weighted by molar-refractivity contribution is 7.98. The molecule has 0 atom stereocenters. The van der Waals surface area contributed by atoms with Gasteiger partial charge in [0.05, 0.1) is 6.26 Å². The maximum Gasteiger partial charge on any atom is 0.252 e. The summed E-state index contributed by atoms with van der Waals surface area (Å²) in [7, 11) is 0. The first-order valence-electron chi connectivity index (χ1n) is 7.81. The minimum atomic E-state index is -0.139. The molecule has 3 heterocycles. The first kappa shape index (κ1) is 15.0. The van der Waals surface area contributed by atoms with Crippen molar-refractivity contribution in [3.8, 4) is 0 Å². The smallest absolute Gasteiger partial charge is 0.252 e. The van der Waals surface area contributed by atoms with E-state index >= 15 is 0 Å². The van der Waals surface area contributed by atoms with Gasteiger partial charge in [-0.1, -0.05) is 31.2 Å². The molecule has 0 radical (unpaired) electrons. The molecule has 4 rings (SSSR count). The number of fused-ring (bicyclic) bond motifs is 2. The molecule has 4 aromatic rings. The van der Waals surface area contributed by atoms with Gasteiger partial charge in [-0.2, -0.15) is 0 Å². The van der Waals surface area contributed by atoms with E-state index in [-0.39, 0.29) is 5.56 Å². The third-order valence-electron chi connectivity index (χ3n) is 3.84. The average molecular weight is 340 g/mol. The Morgan fingerprint density at radius 3 is 3.04 bits per heavy atom. The Labute approximate surface area is 141 Å². The van der Waals surface area contributed by atoms with Crippen molar-refractivity contribution in [1.29, 1.82) is 0 Å². The summed E-state index contributed by atoms with van der Waals surface area (Å²) in [6.07, 6.45) is 3.46. The van der Waals surface area contributed by atoms with Crippen molar-refractivity contribution in [3.05, 3.63) is 58.2 Å². The number of benzene rings is 1. The number of nitrogens with one attached hydrogen (secondary N) is 1. The van der Waals surface area contributed by atoms with Gasteiger partial charge in [-0.25, -0.2) is 0 Å². The van der Waals surface area contributed by atoms with E-state index < -0.39 is 0 Å². The lowest BCUT2D eigenvalue weighted by Crippen LogP contribution is -2.11. The van der Waals surface area contributed by atoms with Crippen LogP contribution >= 0.6 is 11.8 Å². The van der Waals surface area contributed by atoms with Crippen LogP contribution < -0.4 is 5.56 Å². The summed E-state index contributed by atoms with van der Waals surface area (Å²) in [6, 6.07) is 9.73. The summed E-state index contributed by atoms with van der Waals surface area (Å²) in [5.41, 5.74) is 2.88. The van der Waals surface area contributed by atoms with Gasteiger partial charge in [-0.15, -0.1) is 10.2 Å². The second-order valence-electron chi connectivity index (χ2n) is 5.60. The van der Waals surface area contributed by atoms with Crippen LogP contribution in [0.2, 0.25) is 0 Å². The van der Waals surface area contributed by atoms with Crippen molar-refractivity contribution in [2.45, 2.75) is 30.7 Å². The average Bonchev–Trinajstić information content (AvgIpc) is 3.19. The molecule has 0 saturated carbocycles. The van der Waals surface area contributed by atoms with Gasteiger partial charge < -0.3 is 4.42 Å². The molecule has 1 N–H and O–H groups in total.